The van der Waals surface area contributed by atoms with Crippen LogP contribution in [0.15, 0.2) is 91.0 Å². The van der Waals surface area contributed by atoms with E-state index in [1.807, 2.05) is 69.2 Å². The Morgan fingerprint density at radius 2 is 1.14 bits per heavy atom. The van der Waals surface area contributed by atoms with Gasteiger partial charge in [0.1, 0.15) is 77.2 Å². The number of aryl methyl sites for hydroxylation is 1. The number of amides is 10. The molecule has 5 aromatic rings. The number of carbonyl (C=O) groups is 14. The molecular formula is C97H121N13O23. The summed E-state index contributed by atoms with van der Waals surface area (Å²) in [6, 6.07) is 9.56. The van der Waals surface area contributed by atoms with E-state index in [0.717, 1.165) is 26.1 Å². The zero-order valence-electron chi connectivity index (χ0n) is 77.5. The highest BCUT2D eigenvalue weighted by Gasteiger charge is 2.65. The second kappa shape index (κ2) is 36.8. The van der Waals surface area contributed by atoms with Gasteiger partial charge >= 0.3 is 17.9 Å². The van der Waals surface area contributed by atoms with Crippen LogP contribution in [0.4, 0.5) is 11.4 Å². The Labute approximate surface area is 770 Å². The van der Waals surface area contributed by atoms with Crippen molar-refractivity contribution in [3.8, 4) is 22.6 Å². The number of Topliss-reactive ketones (excluding diaryl/α,β-unsaturated/α-hetero) is 1. The van der Waals surface area contributed by atoms with Crippen molar-refractivity contribution in [3.05, 3.63) is 141 Å². The molecule has 0 saturated carbocycles. The lowest BCUT2D eigenvalue weighted by atomic mass is 9.77. The van der Waals surface area contributed by atoms with Gasteiger partial charge in [-0.25, -0.2) is 19.8 Å². The van der Waals surface area contributed by atoms with Gasteiger partial charge in [0.15, 0.2) is 23.6 Å². The predicted molar refractivity (Wildman–Crippen MR) is 479 cm³/mol. The summed E-state index contributed by atoms with van der Waals surface area (Å²) in [5.74, 6) is -17.2. The van der Waals surface area contributed by atoms with E-state index in [9.17, 15) is 59.1 Å². The molecule has 1 spiro atoms. The van der Waals surface area contributed by atoms with Crippen LogP contribution in [0, 0.1) is 48.3 Å². The largest absolute Gasteiger partial charge is 0.456 e. The number of aliphatic hydroxyl groups is 5. The number of esters is 3. The van der Waals surface area contributed by atoms with E-state index >= 15 is 33.6 Å². The first-order chi connectivity index (χ1) is 62.7. The number of ketones is 1. The maximum Gasteiger partial charge on any atom is 0.340 e. The molecule has 5 aromatic carbocycles. The Morgan fingerprint density at radius 1 is 0.556 bits per heavy atom. The van der Waals surface area contributed by atoms with E-state index in [0.29, 0.717) is 51.3 Å². The lowest BCUT2D eigenvalue weighted by molar-refractivity contribution is -0.172. The van der Waals surface area contributed by atoms with Crippen LogP contribution >= 0.6 is 0 Å². The minimum Gasteiger partial charge on any atom is -0.456 e. The summed E-state index contributed by atoms with van der Waals surface area (Å²) >= 11 is 0. The third-order valence-corrected chi connectivity index (χ3v) is 28.0. The molecule has 0 aromatic heterocycles. The molecule has 9 aliphatic heterocycles. The molecule has 10 amide bonds. The van der Waals surface area contributed by atoms with Gasteiger partial charge in [0, 0.05) is 105 Å². The van der Waals surface area contributed by atoms with Crippen molar-refractivity contribution in [2.75, 3.05) is 43.9 Å². The zero-order chi connectivity index (χ0) is 96.3. The molecule has 15 rings (SSSR count). The molecule has 0 radical (unpaired) electrons. The van der Waals surface area contributed by atoms with Crippen LogP contribution in [0.1, 0.15) is 195 Å². The van der Waals surface area contributed by atoms with Gasteiger partial charge in [-0.1, -0.05) is 113 Å². The Balaban J connectivity index is 0.753. The number of ether oxygens (including phenoxy) is 4. The minimum atomic E-state index is -2.29. The van der Waals surface area contributed by atoms with Gasteiger partial charge in [0.25, 0.3) is 17.7 Å². The van der Waals surface area contributed by atoms with Crippen molar-refractivity contribution in [1.29, 1.82) is 0 Å². The number of hydrazine groups is 1. The van der Waals surface area contributed by atoms with Crippen LogP contribution in [0.2, 0.25) is 0 Å². The Hall–Kier alpha value is -12.0. The van der Waals surface area contributed by atoms with Crippen LogP contribution in [0.25, 0.3) is 11.1 Å². The first-order valence-electron chi connectivity index (χ1n) is 46.0. The van der Waals surface area contributed by atoms with Crippen molar-refractivity contribution < 1.29 is 112 Å². The third kappa shape index (κ3) is 17.5. The molecule has 6 fully saturated rings. The molecule has 9 heterocycles. The molecule has 712 valence electrons. The van der Waals surface area contributed by atoms with Crippen LogP contribution in [0.3, 0.4) is 0 Å². The molecule has 0 bridgehead atoms. The maximum absolute atomic E-state index is 16.1. The lowest BCUT2D eigenvalue weighted by Crippen LogP contribution is -2.65. The van der Waals surface area contributed by atoms with Crippen LogP contribution < -0.4 is 52.3 Å². The molecule has 1 aliphatic carbocycles. The Kier molecular flexibility index (Phi) is 26.5. The average Bonchev–Trinajstić information content (AvgIpc) is 1.61. The number of fused-ring (bicyclic) bond motifs is 18. The van der Waals surface area contributed by atoms with Crippen molar-refractivity contribution in [2.24, 2.45) is 41.4 Å². The topological polar surface area (TPSA) is 489 Å². The summed E-state index contributed by atoms with van der Waals surface area (Å²) in [5.41, 5.74) is 1.72. The van der Waals surface area contributed by atoms with E-state index in [4.69, 9.17) is 18.9 Å². The molecule has 6 saturated heterocycles. The van der Waals surface area contributed by atoms with E-state index in [1.54, 1.807) is 112 Å². The van der Waals surface area contributed by atoms with Gasteiger partial charge in [0.2, 0.25) is 41.4 Å². The number of nitrogens with zero attached hydrogens (tertiary/aromatic N) is 5. The standard InChI is InChI=1S/C97H121N13O23/c1-43(2)29-66-72(114)38-58(50(13)111)87(121)108-70(85(119)103-77(45(5)6)93(127)132-80(47(9)10)90(124)110-69(84(118)100-66)37-57(113)41-99-110)39-95(128)63-33-52(18-19-54(63)35-75(95)108)53-21-26-65-64(34-53)96(129)40-71-86(120)104-76(44(3)4)92(126)131-79(46(7)8)89(123)107-28-27-49(12)30-68(107)83(117)101-67(82(116)105-78(51(14)112)88(122)109(71)94(96)102-65)42-98-81(115)55-20-24-60-59(32-55)91(125)133-97(60)61-23-17-48(11)31-73(61)130-74-36-56(106(15)16)22-25-62(74)97/h17-26,31-34,36,43-47,49-51,57-58,66-71,75-80,94,99,102,111-113,128-129H,27-30,35,37-42H2,1-16H3,(H,98,115)(H,100,118)(H,101,117)(H,103,119)(H,104,120)(H,105,116)/t49-,50-,51-,57+,58+,66-,67-,68+,69+,70-,71-,75+,76+,77+,78+,79-,80-,94-,95+,96+,97?/m0/s1. The summed E-state index contributed by atoms with van der Waals surface area (Å²) in [5, 5.41) is 82.4. The fourth-order valence-electron chi connectivity index (χ4n) is 20.7. The number of cyclic esters (lactones) is 2. The number of hydrogen-bond acceptors (Lipinski definition) is 26. The second-order valence-corrected chi connectivity index (χ2v) is 39.7. The van der Waals surface area contributed by atoms with E-state index in [1.165, 1.54) is 30.9 Å². The van der Waals surface area contributed by atoms with Crippen molar-refractivity contribution in [3.63, 3.8) is 0 Å². The number of piperidine rings is 1. The minimum absolute atomic E-state index is 0.00906. The zero-order valence-corrected chi connectivity index (χ0v) is 77.5. The number of aliphatic hydroxyl groups excluding tert-OH is 3. The van der Waals surface area contributed by atoms with Gasteiger partial charge in [0.05, 0.1) is 41.9 Å². The molecule has 21 atom stereocenters. The van der Waals surface area contributed by atoms with Gasteiger partial charge in [-0.15, -0.1) is 0 Å². The Bertz CT molecular complexity index is 5560. The summed E-state index contributed by atoms with van der Waals surface area (Å²) < 4.78 is 25.1. The number of carbonyl (C=O) groups excluding carboxylic acids is 14. The van der Waals surface area contributed by atoms with E-state index < -0.39 is 252 Å². The number of β-amino-alcohol motifs (C(OH)–C–C–N with tert-alkyl or cyclic N) is 1. The molecule has 36 heteroatoms. The highest BCUT2D eigenvalue weighted by atomic mass is 16.6. The summed E-state index contributed by atoms with van der Waals surface area (Å²) in [6.45, 7) is 21.8. The van der Waals surface area contributed by atoms with Gasteiger partial charge in [-0.05, 0) is 158 Å². The number of anilines is 2. The highest BCUT2D eigenvalue weighted by molar-refractivity contribution is 6.04. The van der Waals surface area contributed by atoms with Crippen molar-refractivity contribution >= 4 is 94.1 Å². The van der Waals surface area contributed by atoms with Crippen LogP contribution in [-0.2, 0) is 95.0 Å². The highest BCUT2D eigenvalue weighted by Crippen LogP contribution is 2.58. The van der Waals surface area contributed by atoms with Gasteiger partial charge in [-0.3, -0.25) is 57.7 Å². The first kappa shape index (κ1) is 95.6. The van der Waals surface area contributed by atoms with Gasteiger partial charge < -0.3 is 101 Å². The van der Waals surface area contributed by atoms with Gasteiger partial charge in [-0.2, -0.15) is 0 Å². The predicted octanol–water partition coefficient (Wildman–Crippen LogP) is 3.35. The number of benzene rings is 5. The molecule has 1 unspecified atom stereocenters. The van der Waals surface area contributed by atoms with Crippen molar-refractivity contribution in [2.45, 2.75) is 262 Å². The monoisotopic (exact) mass is 1840 g/mol. The summed E-state index contributed by atoms with van der Waals surface area (Å²) in [6.07, 6.45) is -11.1. The normalized spacial score (nSPS) is 30.9. The first-order valence-corrected chi connectivity index (χ1v) is 46.0. The van der Waals surface area contributed by atoms with Crippen LogP contribution in [0.5, 0.6) is 11.5 Å². The maximum atomic E-state index is 16.1. The fraction of sp³-hybridized carbons (Fsp3) is 0.546. The fourth-order valence-corrected chi connectivity index (χ4v) is 20.7. The third-order valence-electron chi connectivity index (χ3n) is 28.0. The van der Waals surface area contributed by atoms with E-state index in [2.05, 4.69) is 42.6 Å². The molecular weight excluding hydrogens is 1720 g/mol. The quantitative estimate of drug-likeness (QED) is 0.0593. The Morgan fingerprint density at radius 3 is 1.76 bits per heavy atom. The lowest BCUT2D eigenvalue weighted by Gasteiger charge is -2.40. The SMILES string of the molecule is Cc1ccc2c(c1)Oc1cc(N(C)C)ccc1C21OC(=O)c2cc(C(=O)NC[C@@H]3NC(=O)[C@H]4C[C@@H](C)CCN4C(=O)[C@H](C(C)C)OC(=O)[C@@H](C(C)C)NC(=O)[C@@H]4C[C@@]5(O)c6cc(-c7ccc8c(c7)[C@]7(O)C[C@H]9C(=O)N[C@H](C(C)C)C(=O)O[C@@H](C(C)C)C(=O)N%10NC[C@H](O)C[C@@H]%10C(=O)N[C@@H](CC(C)C)C(=O)C[C@H]([C@H](C)O)C(=O)N9[C@@H]7C8)ccc6N[C@H]5N4C(=O)[C@@H]([C@H](C)O)NC3=O)ccc21. The smallest absolute Gasteiger partial charge is 0.340 e. The second-order valence-electron chi connectivity index (χ2n) is 39.7. The molecule has 36 nitrogen and oxygen atoms in total. The van der Waals surface area contributed by atoms with E-state index in [-0.39, 0.29) is 78.5 Å². The molecule has 10 aliphatic rings. The summed E-state index contributed by atoms with van der Waals surface area (Å²) in [4.78, 5) is 217. The number of hydrogen-bond donors (Lipinski definition) is 13. The van der Waals surface area contributed by atoms with Crippen molar-refractivity contribution in [1.82, 2.24) is 57.0 Å². The molecule has 133 heavy (non-hydrogen) atoms. The van der Waals surface area contributed by atoms with Crippen LogP contribution in [-0.4, -0.2) is 259 Å². The molecule has 13 N–H and O–H groups in total. The average molecular weight is 1840 g/mol. The number of rotatable bonds is 13. The number of nitrogens with one attached hydrogen (secondary N) is 8. The summed E-state index contributed by atoms with van der Waals surface area (Å²) in [7, 11) is 3.75.